The van der Waals surface area contributed by atoms with Crippen LogP contribution < -0.4 is 0 Å². The van der Waals surface area contributed by atoms with Gasteiger partial charge in [0.15, 0.2) is 24.6 Å². The van der Waals surface area contributed by atoms with E-state index in [0.29, 0.717) is 19.3 Å². The number of aliphatic hydroxyl groups is 2. The van der Waals surface area contributed by atoms with Gasteiger partial charge in [-0.25, -0.2) is 4.79 Å². The molecular formula is C69H116O12. The number of ether oxygens (including phenoxy) is 5. The first-order valence-corrected chi connectivity index (χ1v) is 32.6. The first kappa shape index (κ1) is 74.9. The predicted molar refractivity (Wildman–Crippen MR) is 331 cm³/mol. The molecule has 12 nitrogen and oxygen atoms in total. The fourth-order valence-electron chi connectivity index (χ4n) is 9.38. The Bertz CT molecular complexity index is 1730. The van der Waals surface area contributed by atoms with E-state index in [4.69, 9.17) is 23.7 Å². The maximum atomic E-state index is 13.2. The van der Waals surface area contributed by atoms with Gasteiger partial charge in [0.05, 0.1) is 6.61 Å². The summed E-state index contributed by atoms with van der Waals surface area (Å²) in [6.07, 6.45) is 61.1. The number of carbonyl (C=O) groups excluding carboxylic acids is 3. The zero-order valence-electron chi connectivity index (χ0n) is 51.3. The molecule has 6 unspecified atom stereocenters. The van der Waals surface area contributed by atoms with Gasteiger partial charge in [-0.3, -0.25) is 14.4 Å². The number of carboxylic acids is 1. The number of allylic oxidation sites excluding steroid dienone is 14. The molecule has 0 spiro atoms. The van der Waals surface area contributed by atoms with E-state index in [0.717, 1.165) is 141 Å². The Morgan fingerprint density at radius 1 is 0.407 bits per heavy atom. The van der Waals surface area contributed by atoms with Crippen LogP contribution in [-0.4, -0.2) is 89.2 Å². The molecule has 3 N–H and O–H groups in total. The number of unbranched alkanes of at least 4 members (excludes halogenated alkanes) is 27. The molecular weight excluding hydrogens is 1020 g/mol. The zero-order chi connectivity index (χ0) is 58.9. The van der Waals surface area contributed by atoms with Gasteiger partial charge >= 0.3 is 23.9 Å². The molecule has 0 aliphatic carbocycles. The van der Waals surface area contributed by atoms with Crippen LogP contribution in [0.1, 0.15) is 278 Å². The average molecular weight is 1140 g/mol. The Hall–Kier alpha value is -4.10. The SMILES string of the molecule is CCC/C=C\C/C=C\CCCCCCCC(=O)OC(COC(=O)CCCCCCCC/C=C\C/C=C\C/C=C\CCCCC)COC1OC(C(=O)O)C(O)C(O)C1OC(=O)CCCCCCCCCCC/C=C\C/C=C\CCCCC. The topological polar surface area (TPSA) is 175 Å². The lowest BCUT2D eigenvalue weighted by Gasteiger charge is -2.40. The first-order chi connectivity index (χ1) is 39.6. The van der Waals surface area contributed by atoms with E-state index >= 15 is 0 Å². The third kappa shape index (κ3) is 46.0. The number of rotatable bonds is 55. The Morgan fingerprint density at radius 3 is 1.17 bits per heavy atom. The molecule has 0 amide bonds. The molecule has 1 fully saturated rings. The van der Waals surface area contributed by atoms with Crippen LogP contribution in [0.3, 0.4) is 0 Å². The molecule has 0 saturated carbocycles. The molecule has 0 radical (unpaired) electrons. The molecule has 0 aromatic rings. The minimum Gasteiger partial charge on any atom is -0.479 e. The maximum Gasteiger partial charge on any atom is 0.335 e. The highest BCUT2D eigenvalue weighted by molar-refractivity contribution is 5.74. The van der Waals surface area contributed by atoms with Crippen molar-refractivity contribution < 1.29 is 58.2 Å². The van der Waals surface area contributed by atoms with Crippen molar-refractivity contribution in [2.24, 2.45) is 0 Å². The van der Waals surface area contributed by atoms with Gasteiger partial charge in [-0.2, -0.15) is 0 Å². The van der Waals surface area contributed by atoms with Gasteiger partial charge in [0.1, 0.15) is 18.8 Å². The van der Waals surface area contributed by atoms with E-state index in [2.05, 4.69) is 106 Å². The third-order valence-electron chi connectivity index (χ3n) is 14.4. The first-order valence-electron chi connectivity index (χ1n) is 32.6. The predicted octanol–water partition coefficient (Wildman–Crippen LogP) is 17.5. The maximum absolute atomic E-state index is 13.2. The second kappa shape index (κ2) is 56.4. The molecule has 0 aromatic heterocycles. The summed E-state index contributed by atoms with van der Waals surface area (Å²) in [5.74, 6) is -3.15. The lowest BCUT2D eigenvalue weighted by molar-refractivity contribution is -0.301. The Balaban J connectivity index is 2.65. The summed E-state index contributed by atoms with van der Waals surface area (Å²) < 4.78 is 28.5. The summed E-state index contributed by atoms with van der Waals surface area (Å²) in [5.41, 5.74) is 0. The second-order valence-corrected chi connectivity index (χ2v) is 22.0. The fourth-order valence-corrected chi connectivity index (χ4v) is 9.38. The third-order valence-corrected chi connectivity index (χ3v) is 14.4. The Morgan fingerprint density at radius 2 is 0.765 bits per heavy atom. The van der Waals surface area contributed by atoms with Crippen LogP contribution in [0.2, 0.25) is 0 Å². The average Bonchev–Trinajstić information content (AvgIpc) is 3.54. The molecule has 81 heavy (non-hydrogen) atoms. The zero-order valence-corrected chi connectivity index (χ0v) is 51.3. The van der Waals surface area contributed by atoms with E-state index in [1.165, 1.54) is 77.0 Å². The molecule has 1 aliphatic heterocycles. The van der Waals surface area contributed by atoms with Crippen molar-refractivity contribution in [3.63, 3.8) is 0 Å². The van der Waals surface area contributed by atoms with Crippen LogP contribution >= 0.6 is 0 Å². The van der Waals surface area contributed by atoms with Gasteiger partial charge in [0.2, 0.25) is 0 Å². The molecule has 1 rings (SSSR count). The number of aliphatic carboxylic acids is 1. The standard InChI is InChI=1S/C69H116O12/c1-4-7-10-13-16-19-22-25-27-29-31-33-35-38-40-43-46-49-52-55-61(70)77-58-60(79-62(71)56-53-50-47-44-41-37-24-21-18-15-12-9-6-3)59-78-69-67(65(74)64(73)66(81-69)68(75)76)80-63(72)57-54-51-48-45-42-39-36-34-32-30-28-26-23-20-17-14-11-8-5-2/h12,15-17,19-21,24-28,31,33,60,64-67,69,73-74H,4-11,13-14,18,22-23,29-30,32,34-59H2,1-3H3,(H,75,76)/b15-12-,19-16-,20-17-,24-21-,27-25-,28-26-,33-31-. The van der Waals surface area contributed by atoms with E-state index < -0.39 is 67.3 Å². The fraction of sp³-hybridized carbons (Fsp3) is 0.739. The van der Waals surface area contributed by atoms with Crippen LogP contribution in [0.4, 0.5) is 0 Å². The number of aliphatic hydroxyl groups excluding tert-OH is 2. The Kier molecular flexibility index (Phi) is 52.1. The number of hydrogen-bond acceptors (Lipinski definition) is 11. The smallest absolute Gasteiger partial charge is 0.335 e. The summed E-state index contributed by atoms with van der Waals surface area (Å²) in [7, 11) is 0. The molecule has 12 heteroatoms. The highest BCUT2D eigenvalue weighted by Crippen LogP contribution is 2.27. The van der Waals surface area contributed by atoms with Crippen LogP contribution in [0.15, 0.2) is 85.1 Å². The quantitative estimate of drug-likeness (QED) is 0.0228. The molecule has 1 aliphatic rings. The summed E-state index contributed by atoms with van der Waals surface area (Å²) in [6.45, 7) is 5.87. The number of esters is 3. The van der Waals surface area contributed by atoms with Crippen molar-refractivity contribution in [2.45, 2.75) is 314 Å². The van der Waals surface area contributed by atoms with Crippen molar-refractivity contribution in [3.05, 3.63) is 85.1 Å². The summed E-state index contributed by atoms with van der Waals surface area (Å²) in [4.78, 5) is 51.3. The highest BCUT2D eigenvalue weighted by Gasteiger charge is 2.50. The van der Waals surface area contributed by atoms with Crippen LogP contribution in [0.5, 0.6) is 0 Å². The van der Waals surface area contributed by atoms with Crippen LogP contribution in [-0.2, 0) is 42.9 Å². The Labute approximate surface area is 492 Å². The van der Waals surface area contributed by atoms with Gasteiger partial charge in [0, 0.05) is 19.3 Å². The van der Waals surface area contributed by atoms with E-state index in [9.17, 15) is 34.5 Å². The highest BCUT2D eigenvalue weighted by atomic mass is 16.7. The molecule has 0 bridgehead atoms. The van der Waals surface area contributed by atoms with Crippen molar-refractivity contribution >= 4 is 23.9 Å². The normalized spacial score (nSPS) is 18.3. The molecule has 1 saturated heterocycles. The van der Waals surface area contributed by atoms with E-state index in [-0.39, 0.29) is 25.9 Å². The lowest BCUT2D eigenvalue weighted by Crippen LogP contribution is -2.61. The largest absolute Gasteiger partial charge is 0.479 e. The number of carboxylic acid groups (broad SMARTS) is 1. The molecule has 464 valence electrons. The molecule has 0 aromatic carbocycles. The molecule has 1 heterocycles. The van der Waals surface area contributed by atoms with Gasteiger partial charge in [-0.15, -0.1) is 0 Å². The van der Waals surface area contributed by atoms with Crippen molar-refractivity contribution in [2.75, 3.05) is 13.2 Å². The van der Waals surface area contributed by atoms with Crippen LogP contribution in [0, 0.1) is 0 Å². The minimum atomic E-state index is -1.91. The second-order valence-electron chi connectivity index (χ2n) is 22.0. The van der Waals surface area contributed by atoms with E-state index in [1.54, 1.807) is 0 Å². The lowest BCUT2D eigenvalue weighted by atomic mass is 9.98. The van der Waals surface area contributed by atoms with Gasteiger partial charge < -0.3 is 39.0 Å². The monoisotopic (exact) mass is 1140 g/mol. The van der Waals surface area contributed by atoms with Gasteiger partial charge in [0.25, 0.3) is 0 Å². The van der Waals surface area contributed by atoms with Crippen LogP contribution in [0.25, 0.3) is 0 Å². The minimum absolute atomic E-state index is 0.0502. The molecule has 6 atom stereocenters. The van der Waals surface area contributed by atoms with Crippen molar-refractivity contribution in [3.8, 4) is 0 Å². The van der Waals surface area contributed by atoms with Gasteiger partial charge in [-0.1, -0.05) is 228 Å². The van der Waals surface area contributed by atoms with Crippen molar-refractivity contribution in [1.29, 1.82) is 0 Å². The summed E-state index contributed by atoms with van der Waals surface area (Å²) in [6, 6.07) is 0. The number of hydrogen-bond donors (Lipinski definition) is 3. The summed E-state index contributed by atoms with van der Waals surface area (Å²) >= 11 is 0. The number of carbonyl (C=O) groups is 4. The van der Waals surface area contributed by atoms with Crippen molar-refractivity contribution in [1.82, 2.24) is 0 Å². The van der Waals surface area contributed by atoms with Gasteiger partial charge in [-0.05, 0) is 116 Å². The van der Waals surface area contributed by atoms with E-state index in [1.807, 2.05) is 0 Å². The summed E-state index contributed by atoms with van der Waals surface area (Å²) in [5, 5.41) is 31.6.